The number of rotatable bonds is 10. The first-order chi connectivity index (χ1) is 16.4. The summed E-state index contributed by atoms with van der Waals surface area (Å²) in [5.41, 5.74) is 6.16. The van der Waals surface area contributed by atoms with E-state index in [0.717, 1.165) is 38.3 Å². The first-order valence-corrected chi connectivity index (χ1v) is 12.3. The molecule has 34 heavy (non-hydrogen) atoms. The molecule has 0 amide bonds. The van der Waals surface area contributed by atoms with Gasteiger partial charge in [0.15, 0.2) is 11.5 Å². The third-order valence-electron chi connectivity index (χ3n) is 7.27. The fourth-order valence-corrected chi connectivity index (χ4v) is 5.05. The average molecular weight is 469 g/mol. The van der Waals surface area contributed by atoms with Crippen molar-refractivity contribution < 1.29 is 18.3 Å². The monoisotopic (exact) mass is 468 g/mol. The summed E-state index contributed by atoms with van der Waals surface area (Å²) < 4.78 is 37.8. The van der Waals surface area contributed by atoms with Gasteiger partial charge in [0.05, 0.1) is 13.7 Å². The molecule has 1 heterocycles. The predicted molar refractivity (Wildman–Crippen MR) is 129 cm³/mol. The van der Waals surface area contributed by atoms with Gasteiger partial charge in [-0.25, -0.2) is 8.78 Å². The number of ether oxygens (including phenoxy) is 2. The zero-order valence-electron chi connectivity index (χ0n) is 19.9. The highest BCUT2D eigenvalue weighted by Gasteiger charge is 2.45. The molecule has 2 saturated carbocycles. The van der Waals surface area contributed by atoms with Crippen LogP contribution < -0.4 is 14.8 Å². The normalized spacial score (nSPS) is 19.7. The van der Waals surface area contributed by atoms with Gasteiger partial charge in [-0.15, -0.1) is 0 Å². The Morgan fingerprint density at radius 3 is 2.53 bits per heavy atom. The number of alkyl halides is 2. The van der Waals surface area contributed by atoms with E-state index in [-0.39, 0.29) is 18.8 Å². The maximum absolute atomic E-state index is 13.1. The van der Waals surface area contributed by atoms with Crippen molar-refractivity contribution in [2.45, 2.75) is 57.7 Å². The number of benzene rings is 2. The molecule has 1 N–H and O–H groups in total. The van der Waals surface area contributed by atoms with Gasteiger partial charge < -0.3 is 14.8 Å². The summed E-state index contributed by atoms with van der Waals surface area (Å²) in [6.07, 6.45) is 3.26. The Morgan fingerprint density at radius 2 is 1.85 bits per heavy atom. The molecule has 6 heteroatoms. The summed E-state index contributed by atoms with van der Waals surface area (Å²) in [5.74, 6) is -0.491. The molecule has 3 aliphatic rings. The van der Waals surface area contributed by atoms with Crippen LogP contribution >= 0.6 is 0 Å². The van der Waals surface area contributed by atoms with E-state index in [0.29, 0.717) is 18.3 Å². The summed E-state index contributed by atoms with van der Waals surface area (Å²) >= 11 is 0. The van der Waals surface area contributed by atoms with Crippen LogP contribution in [0.25, 0.3) is 0 Å². The zero-order chi connectivity index (χ0) is 23.7. The number of methoxy groups -OCH3 is 1. The lowest BCUT2D eigenvalue weighted by Gasteiger charge is -2.35. The van der Waals surface area contributed by atoms with Crippen LogP contribution in [0, 0.1) is 11.8 Å². The topological polar surface area (TPSA) is 33.7 Å². The van der Waals surface area contributed by atoms with E-state index in [4.69, 9.17) is 9.47 Å². The quantitative estimate of drug-likeness (QED) is 0.486. The van der Waals surface area contributed by atoms with Crippen LogP contribution in [-0.4, -0.2) is 31.1 Å². The molecule has 2 aliphatic carbocycles. The number of fused-ring (bicyclic) bond motifs is 1. The summed E-state index contributed by atoms with van der Waals surface area (Å²) in [7, 11) is 1.66. The van der Waals surface area contributed by atoms with E-state index in [1.807, 2.05) is 6.07 Å². The Balaban J connectivity index is 1.15. The van der Waals surface area contributed by atoms with Crippen molar-refractivity contribution in [2.24, 2.45) is 11.8 Å². The first kappa shape index (κ1) is 23.2. The molecule has 1 aliphatic heterocycles. The molecule has 182 valence electrons. The maximum atomic E-state index is 13.1. The van der Waals surface area contributed by atoms with Gasteiger partial charge in [-0.1, -0.05) is 36.9 Å². The number of halogens is 2. The Morgan fingerprint density at radius 1 is 1.12 bits per heavy atom. The molecule has 0 atom stereocenters. The number of nitrogens with zero attached hydrogens (tertiary/aromatic N) is 1. The van der Waals surface area contributed by atoms with Gasteiger partial charge in [-0.05, 0) is 47.9 Å². The molecule has 0 bridgehead atoms. The van der Waals surface area contributed by atoms with Crippen molar-refractivity contribution in [1.29, 1.82) is 0 Å². The van der Waals surface area contributed by atoms with E-state index in [1.165, 1.54) is 40.8 Å². The molecule has 2 aromatic carbocycles. The van der Waals surface area contributed by atoms with Crippen LogP contribution in [0.15, 0.2) is 48.7 Å². The van der Waals surface area contributed by atoms with Crippen molar-refractivity contribution in [1.82, 2.24) is 10.2 Å². The van der Waals surface area contributed by atoms with E-state index < -0.39 is 5.92 Å². The van der Waals surface area contributed by atoms with Crippen molar-refractivity contribution in [2.75, 3.05) is 20.3 Å². The highest BCUT2D eigenvalue weighted by Crippen LogP contribution is 2.43. The van der Waals surface area contributed by atoms with E-state index in [2.05, 4.69) is 47.1 Å². The first-order valence-electron chi connectivity index (χ1n) is 12.3. The SMILES string of the molecule is C=C(NCc1ccc(CN2CCc3c(ccc(OCC4CC(F)(F)C4)c3OC)C2)cc1)C1CC1. The molecule has 2 fully saturated rings. The van der Waals surface area contributed by atoms with Crippen LogP contribution in [0.5, 0.6) is 11.5 Å². The van der Waals surface area contributed by atoms with Gasteiger partial charge in [-0.2, -0.15) is 0 Å². The van der Waals surface area contributed by atoms with Crippen molar-refractivity contribution >= 4 is 0 Å². The van der Waals surface area contributed by atoms with E-state index in [1.54, 1.807) is 7.11 Å². The molecule has 5 rings (SSSR count). The Bertz CT molecular complexity index is 1030. The predicted octanol–water partition coefficient (Wildman–Crippen LogP) is 5.69. The number of nitrogens with one attached hydrogen (secondary N) is 1. The minimum Gasteiger partial charge on any atom is -0.493 e. The smallest absolute Gasteiger partial charge is 0.248 e. The Kier molecular flexibility index (Phi) is 6.52. The highest BCUT2D eigenvalue weighted by molar-refractivity contribution is 5.51. The van der Waals surface area contributed by atoms with Crippen molar-refractivity contribution in [3.05, 3.63) is 70.9 Å². The minimum absolute atomic E-state index is 0.0783. The van der Waals surface area contributed by atoms with Crippen LogP contribution in [0.3, 0.4) is 0 Å². The van der Waals surface area contributed by atoms with Crippen LogP contribution in [0.2, 0.25) is 0 Å². The van der Waals surface area contributed by atoms with Gasteiger partial charge in [0.25, 0.3) is 0 Å². The Labute approximate surface area is 200 Å². The van der Waals surface area contributed by atoms with Gasteiger partial charge in [0.1, 0.15) is 0 Å². The summed E-state index contributed by atoms with van der Waals surface area (Å²) in [6.45, 7) is 7.97. The molecular weight excluding hydrogens is 434 g/mol. The van der Waals surface area contributed by atoms with E-state index in [9.17, 15) is 8.78 Å². The lowest BCUT2D eigenvalue weighted by molar-refractivity contribution is -0.119. The number of hydrogen-bond donors (Lipinski definition) is 1. The van der Waals surface area contributed by atoms with Gasteiger partial charge in [0, 0.05) is 56.2 Å². The zero-order valence-corrected chi connectivity index (χ0v) is 19.9. The Hall–Kier alpha value is -2.60. The average Bonchev–Trinajstić information content (AvgIpc) is 3.66. The summed E-state index contributed by atoms with van der Waals surface area (Å²) in [6, 6.07) is 12.9. The van der Waals surface area contributed by atoms with Crippen LogP contribution in [-0.2, 0) is 26.1 Å². The number of hydrogen-bond acceptors (Lipinski definition) is 4. The lowest BCUT2D eigenvalue weighted by atomic mass is 9.82. The molecule has 2 aromatic rings. The highest BCUT2D eigenvalue weighted by atomic mass is 19.3. The van der Waals surface area contributed by atoms with Crippen molar-refractivity contribution in [3.8, 4) is 11.5 Å². The van der Waals surface area contributed by atoms with Gasteiger partial charge in [0.2, 0.25) is 5.92 Å². The second-order valence-electron chi connectivity index (χ2n) is 10.1. The summed E-state index contributed by atoms with van der Waals surface area (Å²) in [4.78, 5) is 2.45. The largest absolute Gasteiger partial charge is 0.493 e. The molecule has 0 spiro atoms. The third-order valence-corrected chi connectivity index (χ3v) is 7.27. The van der Waals surface area contributed by atoms with Crippen LogP contribution in [0.4, 0.5) is 8.78 Å². The van der Waals surface area contributed by atoms with Crippen LogP contribution in [0.1, 0.15) is 47.9 Å². The molecule has 4 nitrogen and oxygen atoms in total. The maximum Gasteiger partial charge on any atom is 0.248 e. The molecular formula is C28H34F2N2O2. The van der Waals surface area contributed by atoms with Gasteiger partial charge in [-0.3, -0.25) is 4.90 Å². The minimum atomic E-state index is -2.51. The number of allylic oxidation sites excluding steroid dienone is 1. The summed E-state index contributed by atoms with van der Waals surface area (Å²) in [5, 5.41) is 3.45. The molecule has 0 aromatic heterocycles. The molecule has 0 radical (unpaired) electrons. The standard InChI is InChI=1S/C28H34F2N2O2/c1-19(23-7-8-23)31-15-20-3-5-21(6-4-20)16-32-12-11-25-24(17-32)9-10-26(27(25)33-2)34-18-22-13-28(29,30)14-22/h3-6,9-10,22-23,31H,1,7-8,11-18H2,2H3. The lowest BCUT2D eigenvalue weighted by Crippen LogP contribution is -2.38. The fourth-order valence-electron chi connectivity index (χ4n) is 5.05. The van der Waals surface area contributed by atoms with Gasteiger partial charge >= 0.3 is 0 Å². The molecule has 0 saturated heterocycles. The second-order valence-corrected chi connectivity index (χ2v) is 10.1. The third kappa shape index (κ3) is 5.38. The van der Waals surface area contributed by atoms with E-state index >= 15 is 0 Å². The second kappa shape index (κ2) is 9.57. The van der Waals surface area contributed by atoms with Crippen molar-refractivity contribution in [3.63, 3.8) is 0 Å². The molecule has 0 unspecified atom stereocenters. The fraction of sp³-hybridized carbons (Fsp3) is 0.500.